The highest BCUT2D eigenvalue weighted by atomic mass is 16.4. The van der Waals surface area contributed by atoms with Crippen LogP contribution in [0.4, 0.5) is 0 Å². The number of rotatable bonds is 7. The fourth-order valence-electron chi connectivity index (χ4n) is 1.84. The molecular weight excluding hydrogens is 260 g/mol. The van der Waals surface area contributed by atoms with Crippen LogP contribution in [0.25, 0.3) is 0 Å². The Labute approximate surface area is 117 Å². The molecule has 0 fully saturated rings. The maximum absolute atomic E-state index is 12.0. The average Bonchev–Trinajstić information content (AvgIpc) is 2.38. The van der Waals surface area contributed by atoms with Crippen LogP contribution in [-0.2, 0) is 4.79 Å². The van der Waals surface area contributed by atoms with Gasteiger partial charge in [-0.3, -0.25) is 14.4 Å². The van der Waals surface area contributed by atoms with Gasteiger partial charge in [-0.15, -0.1) is 0 Å². The van der Waals surface area contributed by atoms with Crippen LogP contribution in [-0.4, -0.2) is 28.9 Å². The Hall–Kier alpha value is -2.37. The van der Waals surface area contributed by atoms with Gasteiger partial charge in [0.25, 0.3) is 5.91 Å². The minimum absolute atomic E-state index is 0.112. The molecule has 0 radical (unpaired) electrons. The lowest BCUT2D eigenvalue weighted by Gasteiger charge is -2.16. The monoisotopic (exact) mass is 278 g/mol. The van der Waals surface area contributed by atoms with E-state index >= 15 is 0 Å². The van der Waals surface area contributed by atoms with Crippen molar-refractivity contribution in [2.75, 3.05) is 0 Å². The van der Waals surface area contributed by atoms with Crippen molar-refractivity contribution < 1.29 is 19.5 Å². The number of nitrogens with one attached hydrogen (secondary N) is 1. The van der Waals surface area contributed by atoms with Gasteiger partial charge in [0.05, 0.1) is 6.42 Å². The van der Waals surface area contributed by atoms with Gasteiger partial charge < -0.3 is 16.2 Å². The molecule has 6 nitrogen and oxygen atoms in total. The van der Waals surface area contributed by atoms with Gasteiger partial charge >= 0.3 is 5.97 Å². The first-order valence-corrected chi connectivity index (χ1v) is 6.36. The van der Waals surface area contributed by atoms with Crippen molar-refractivity contribution in [3.63, 3.8) is 0 Å². The van der Waals surface area contributed by atoms with E-state index in [1.165, 1.54) is 24.3 Å². The van der Waals surface area contributed by atoms with Gasteiger partial charge in [0.15, 0.2) is 0 Å². The number of carboxylic acid groups (broad SMARTS) is 1. The summed E-state index contributed by atoms with van der Waals surface area (Å²) >= 11 is 0. The Morgan fingerprint density at radius 1 is 1.20 bits per heavy atom. The summed E-state index contributed by atoms with van der Waals surface area (Å²) in [7, 11) is 0. The van der Waals surface area contributed by atoms with E-state index < -0.39 is 17.9 Å². The van der Waals surface area contributed by atoms with E-state index in [-0.39, 0.29) is 12.3 Å². The Kier molecular flexibility index (Phi) is 5.71. The molecule has 0 bridgehead atoms. The zero-order valence-electron chi connectivity index (χ0n) is 11.3. The molecule has 2 amide bonds. The van der Waals surface area contributed by atoms with Gasteiger partial charge in [-0.25, -0.2) is 0 Å². The Morgan fingerprint density at radius 3 is 2.20 bits per heavy atom. The molecule has 0 aromatic heterocycles. The zero-order chi connectivity index (χ0) is 15.1. The summed E-state index contributed by atoms with van der Waals surface area (Å²) in [6.07, 6.45) is 1.26. The van der Waals surface area contributed by atoms with Crippen molar-refractivity contribution >= 4 is 17.8 Å². The van der Waals surface area contributed by atoms with Crippen molar-refractivity contribution in [3.8, 4) is 0 Å². The van der Waals surface area contributed by atoms with E-state index in [4.69, 9.17) is 10.8 Å². The molecule has 4 N–H and O–H groups in total. The predicted octanol–water partition coefficient (Wildman–Crippen LogP) is 1.16. The van der Waals surface area contributed by atoms with Crippen LogP contribution in [0.3, 0.4) is 0 Å². The van der Waals surface area contributed by atoms with Gasteiger partial charge in [-0.05, 0) is 30.7 Å². The van der Waals surface area contributed by atoms with Gasteiger partial charge in [0, 0.05) is 17.2 Å². The largest absolute Gasteiger partial charge is 0.481 e. The molecule has 20 heavy (non-hydrogen) atoms. The summed E-state index contributed by atoms with van der Waals surface area (Å²) in [5, 5.41) is 11.5. The zero-order valence-corrected chi connectivity index (χ0v) is 11.3. The van der Waals surface area contributed by atoms with Gasteiger partial charge in [0.2, 0.25) is 5.91 Å². The van der Waals surface area contributed by atoms with E-state index in [1.807, 2.05) is 6.92 Å². The summed E-state index contributed by atoms with van der Waals surface area (Å²) in [4.78, 5) is 33.6. The lowest BCUT2D eigenvalue weighted by molar-refractivity contribution is -0.137. The molecule has 1 aromatic carbocycles. The van der Waals surface area contributed by atoms with Crippen molar-refractivity contribution in [1.29, 1.82) is 0 Å². The third kappa shape index (κ3) is 4.72. The van der Waals surface area contributed by atoms with Crippen LogP contribution in [0.2, 0.25) is 0 Å². The summed E-state index contributed by atoms with van der Waals surface area (Å²) in [5.41, 5.74) is 5.79. The molecule has 0 aliphatic carbocycles. The van der Waals surface area contributed by atoms with Crippen LogP contribution in [0, 0.1) is 0 Å². The first-order valence-electron chi connectivity index (χ1n) is 6.36. The molecule has 1 atom stereocenters. The van der Waals surface area contributed by atoms with Crippen LogP contribution in [0.1, 0.15) is 46.9 Å². The lowest BCUT2D eigenvalue weighted by Crippen LogP contribution is -2.36. The summed E-state index contributed by atoms with van der Waals surface area (Å²) in [6, 6.07) is 5.49. The Bertz CT molecular complexity index is 496. The summed E-state index contributed by atoms with van der Waals surface area (Å²) in [5.74, 6) is -1.87. The molecule has 1 unspecified atom stereocenters. The van der Waals surface area contributed by atoms with Gasteiger partial charge in [-0.2, -0.15) is 0 Å². The maximum atomic E-state index is 12.0. The topological polar surface area (TPSA) is 109 Å². The minimum Gasteiger partial charge on any atom is -0.481 e. The van der Waals surface area contributed by atoms with Crippen LogP contribution < -0.4 is 11.1 Å². The molecule has 0 heterocycles. The minimum atomic E-state index is -0.951. The SMILES string of the molecule is CCCC(CC(=O)O)NC(=O)c1ccc(C(N)=O)cc1. The van der Waals surface area contributed by atoms with E-state index in [0.717, 1.165) is 6.42 Å². The molecule has 108 valence electrons. The van der Waals surface area contributed by atoms with E-state index in [9.17, 15) is 14.4 Å². The average molecular weight is 278 g/mol. The maximum Gasteiger partial charge on any atom is 0.305 e. The second-order valence-electron chi connectivity index (χ2n) is 4.50. The molecule has 0 spiro atoms. The van der Waals surface area contributed by atoms with E-state index in [2.05, 4.69) is 5.32 Å². The first-order chi connectivity index (χ1) is 9.43. The molecule has 0 saturated carbocycles. The molecule has 6 heteroatoms. The van der Waals surface area contributed by atoms with Crippen LogP contribution in [0.15, 0.2) is 24.3 Å². The highest BCUT2D eigenvalue weighted by molar-refractivity contribution is 5.97. The first kappa shape index (κ1) is 15.7. The highest BCUT2D eigenvalue weighted by Gasteiger charge is 2.16. The molecule has 0 aliphatic rings. The van der Waals surface area contributed by atoms with E-state index in [1.54, 1.807) is 0 Å². The number of nitrogens with two attached hydrogens (primary N) is 1. The molecule has 1 rings (SSSR count). The molecule has 1 aromatic rings. The fourth-order valence-corrected chi connectivity index (χ4v) is 1.84. The highest BCUT2D eigenvalue weighted by Crippen LogP contribution is 2.07. The van der Waals surface area contributed by atoms with Crippen LogP contribution >= 0.6 is 0 Å². The fraction of sp³-hybridized carbons (Fsp3) is 0.357. The third-order valence-corrected chi connectivity index (χ3v) is 2.82. The predicted molar refractivity (Wildman–Crippen MR) is 73.4 cm³/mol. The summed E-state index contributed by atoms with van der Waals surface area (Å²) < 4.78 is 0. The number of hydrogen-bond donors (Lipinski definition) is 3. The van der Waals surface area contributed by atoms with Crippen molar-refractivity contribution in [3.05, 3.63) is 35.4 Å². The Morgan fingerprint density at radius 2 is 1.75 bits per heavy atom. The second kappa shape index (κ2) is 7.28. The molecule has 0 aliphatic heterocycles. The van der Waals surface area contributed by atoms with Crippen LogP contribution in [0.5, 0.6) is 0 Å². The number of carbonyl (C=O) groups is 3. The Balaban J connectivity index is 2.72. The standard InChI is InChI=1S/C14H18N2O4/c1-2-3-11(8-12(17)18)16-14(20)10-6-4-9(5-7-10)13(15)19/h4-7,11H,2-3,8H2,1H3,(H2,15,19)(H,16,20)(H,17,18). The second-order valence-corrected chi connectivity index (χ2v) is 4.50. The number of amides is 2. The molecule has 0 saturated heterocycles. The number of primary amides is 1. The van der Waals surface area contributed by atoms with Gasteiger partial charge in [0.1, 0.15) is 0 Å². The normalized spacial score (nSPS) is 11.7. The number of carbonyl (C=O) groups excluding carboxylic acids is 2. The number of benzene rings is 1. The van der Waals surface area contributed by atoms with Crippen molar-refractivity contribution in [2.24, 2.45) is 5.73 Å². The number of aliphatic carboxylic acids is 1. The smallest absolute Gasteiger partial charge is 0.305 e. The van der Waals surface area contributed by atoms with Crippen molar-refractivity contribution in [1.82, 2.24) is 5.32 Å². The van der Waals surface area contributed by atoms with E-state index in [0.29, 0.717) is 17.5 Å². The third-order valence-electron chi connectivity index (χ3n) is 2.82. The number of hydrogen-bond acceptors (Lipinski definition) is 3. The quantitative estimate of drug-likeness (QED) is 0.695. The summed E-state index contributed by atoms with van der Waals surface area (Å²) in [6.45, 7) is 1.92. The van der Waals surface area contributed by atoms with Crippen molar-refractivity contribution in [2.45, 2.75) is 32.2 Å². The molecular formula is C14H18N2O4. The number of carboxylic acids is 1. The lowest BCUT2D eigenvalue weighted by atomic mass is 10.1. The van der Waals surface area contributed by atoms with Gasteiger partial charge in [-0.1, -0.05) is 13.3 Å².